The third kappa shape index (κ3) is 1.85. The lowest BCUT2D eigenvalue weighted by molar-refractivity contribution is 0.311. The second-order valence-corrected chi connectivity index (χ2v) is 2.78. The third-order valence-corrected chi connectivity index (χ3v) is 1.72. The fraction of sp³-hybridized carbons (Fsp3) is 0.400. The van der Waals surface area contributed by atoms with Crippen molar-refractivity contribution in [3.63, 3.8) is 0 Å². The van der Waals surface area contributed by atoms with Gasteiger partial charge in [0.15, 0.2) is 5.13 Å². The van der Waals surface area contributed by atoms with Gasteiger partial charge in [0.25, 0.3) is 0 Å². The summed E-state index contributed by atoms with van der Waals surface area (Å²) in [6.07, 6.45) is 1.65. The molecular weight excluding hydrogens is 150 g/mol. The van der Waals surface area contributed by atoms with Crippen LogP contribution in [0.15, 0.2) is 6.20 Å². The monoisotopic (exact) mass is 159 g/mol. The van der Waals surface area contributed by atoms with E-state index in [0.717, 1.165) is 5.00 Å². The molecule has 4 N–H and O–H groups in total. The topological polar surface area (TPSA) is 71.2 Å². The third-order valence-electron chi connectivity index (χ3n) is 0.935. The lowest BCUT2D eigenvalue weighted by atomic mass is 10.7. The smallest absolute Gasteiger partial charge is 0.181 e. The van der Waals surface area contributed by atoms with Gasteiger partial charge in [0.05, 0.1) is 12.8 Å². The van der Waals surface area contributed by atoms with Crippen molar-refractivity contribution in [1.29, 1.82) is 0 Å². The summed E-state index contributed by atoms with van der Waals surface area (Å²) in [5, 5.41) is 12.8. The van der Waals surface area contributed by atoms with Gasteiger partial charge >= 0.3 is 0 Å². The van der Waals surface area contributed by atoms with Crippen LogP contribution in [0.5, 0.6) is 0 Å². The average Bonchev–Trinajstić information content (AvgIpc) is 2.31. The van der Waals surface area contributed by atoms with Gasteiger partial charge in [-0.2, -0.15) is 0 Å². The minimum absolute atomic E-state index is 0.123. The van der Waals surface area contributed by atoms with Crippen LogP contribution in [-0.4, -0.2) is 23.2 Å². The highest BCUT2D eigenvalue weighted by Crippen LogP contribution is 2.19. The van der Waals surface area contributed by atoms with Crippen molar-refractivity contribution in [2.45, 2.75) is 0 Å². The van der Waals surface area contributed by atoms with E-state index in [9.17, 15) is 0 Å². The first-order chi connectivity index (χ1) is 4.83. The van der Waals surface area contributed by atoms with Gasteiger partial charge in [-0.05, 0) is 0 Å². The number of anilines is 2. The number of aliphatic hydroxyl groups excluding tert-OH is 1. The van der Waals surface area contributed by atoms with Crippen LogP contribution in [0.4, 0.5) is 10.1 Å². The minimum atomic E-state index is 0.123. The van der Waals surface area contributed by atoms with Gasteiger partial charge in [0, 0.05) is 6.54 Å². The molecule has 0 aliphatic carbocycles. The Hall–Kier alpha value is -0.810. The van der Waals surface area contributed by atoms with Gasteiger partial charge in [-0.1, -0.05) is 11.3 Å². The van der Waals surface area contributed by atoms with E-state index in [-0.39, 0.29) is 6.61 Å². The van der Waals surface area contributed by atoms with E-state index in [1.807, 2.05) is 0 Å². The number of nitrogens with two attached hydrogens (primary N) is 1. The second kappa shape index (κ2) is 3.38. The Balaban J connectivity index is 2.42. The van der Waals surface area contributed by atoms with Crippen LogP contribution < -0.4 is 11.1 Å². The molecule has 0 radical (unpaired) electrons. The second-order valence-electron chi connectivity index (χ2n) is 1.71. The van der Waals surface area contributed by atoms with Gasteiger partial charge in [-0.25, -0.2) is 4.98 Å². The lowest BCUT2D eigenvalue weighted by Gasteiger charge is -1.95. The lowest BCUT2D eigenvalue weighted by Crippen LogP contribution is -2.03. The van der Waals surface area contributed by atoms with E-state index in [1.165, 1.54) is 11.3 Å². The number of rotatable bonds is 3. The van der Waals surface area contributed by atoms with Crippen molar-refractivity contribution in [3.05, 3.63) is 6.20 Å². The van der Waals surface area contributed by atoms with Crippen molar-refractivity contribution in [2.24, 2.45) is 0 Å². The molecule has 56 valence electrons. The molecule has 0 fully saturated rings. The number of hydrogen-bond acceptors (Lipinski definition) is 5. The van der Waals surface area contributed by atoms with Crippen LogP contribution >= 0.6 is 11.3 Å². The molecule has 10 heavy (non-hydrogen) atoms. The van der Waals surface area contributed by atoms with Gasteiger partial charge in [-0.3, -0.25) is 0 Å². The summed E-state index contributed by atoms with van der Waals surface area (Å²) in [6.45, 7) is 0.666. The van der Waals surface area contributed by atoms with E-state index in [1.54, 1.807) is 6.20 Å². The summed E-state index contributed by atoms with van der Waals surface area (Å²) < 4.78 is 0. The number of nitrogens with one attached hydrogen (secondary N) is 1. The predicted octanol–water partition coefficient (Wildman–Crippen LogP) is 0.129. The molecule has 0 atom stereocenters. The number of nitrogen functional groups attached to an aromatic ring is 1. The van der Waals surface area contributed by atoms with Crippen LogP contribution in [0.2, 0.25) is 0 Å². The summed E-state index contributed by atoms with van der Waals surface area (Å²) in [6, 6.07) is 0. The van der Waals surface area contributed by atoms with Crippen LogP contribution in [0.1, 0.15) is 0 Å². The summed E-state index contributed by atoms with van der Waals surface area (Å²) in [7, 11) is 0. The molecule has 0 spiro atoms. The van der Waals surface area contributed by atoms with E-state index in [2.05, 4.69) is 10.3 Å². The number of aliphatic hydroxyl groups is 1. The van der Waals surface area contributed by atoms with E-state index >= 15 is 0 Å². The molecule has 5 heteroatoms. The molecule has 0 aliphatic rings. The first-order valence-corrected chi connectivity index (χ1v) is 3.70. The molecule has 0 aliphatic heterocycles. The van der Waals surface area contributed by atoms with Gasteiger partial charge in [-0.15, -0.1) is 0 Å². The van der Waals surface area contributed by atoms with E-state index < -0.39 is 0 Å². The predicted molar refractivity (Wildman–Crippen MR) is 42.1 cm³/mol. The van der Waals surface area contributed by atoms with Gasteiger partial charge in [0.1, 0.15) is 5.00 Å². The van der Waals surface area contributed by atoms with Crippen molar-refractivity contribution >= 4 is 21.5 Å². The quantitative estimate of drug-likeness (QED) is 0.586. The number of nitrogens with zero attached hydrogens (tertiary/aromatic N) is 1. The van der Waals surface area contributed by atoms with Crippen LogP contribution in [0.3, 0.4) is 0 Å². The summed E-state index contributed by atoms with van der Waals surface area (Å²) >= 11 is 1.37. The van der Waals surface area contributed by atoms with Crippen molar-refractivity contribution in [2.75, 3.05) is 24.2 Å². The Morgan fingerprint density at radius 1 is 1.80 bits per heavy atom. The number of aromatic nitrogens is 1. The largest absolute Gasteiger partial charge is 0.395 e. The highest BCUT2D eigenvalue weighted by atomic mass is 32.1. The molecular formula is C5H9N3OS. The SMILES string of the molecule is Nc1ncc(NCCO)s1. The molecule has 1 rings (SSSR count). The molecule has 1 heterocycles. The molecule has 1 aromatic rings. The molecule has 1 aromatic heterocycles. The molecule has 0 saturated carbocycles. The standard InChI is InChI=1S/C5H9N3OS/c6-5-8-3-4(10-5)7-1-2-9/h3,7,9H,1-2H2,(H2,6,8). The van der Waals surface area contributed by atoms with Crippen molar-refractivity contribution < 1.29 is 5.11 Å². The van der Waals surface area contributed by atoms with Crippen LogP contribution in [-0.2, 0) is 0 Å². The highest BCUT2D eigenvalue weighted by molar-refractivity contribution is 7.19. The normalized spacial score (nSPS) is 9.70. The fourth-order valence-electron chi connectivity index (χ4n) is 0.548. The molecule has 0 bridgehead atoms. The Labute approximate surface area is 62.7 Å². The van der Waals surface area contributed by atoms with Gasteiger partial charge < -0.3 is 16.2 Å². The zero-order valence-corrected chi connectivity index (χ0v) is 6.19. The first-order valence-electron chi connectivity index (χ1n) is 2.89. The Morgan fingerprint density at radius 2 is 2.60 bits per heavy atom. The van der Waals surface area contributed by atoms with Crippen molar-refractivity contribution in [1.82, 2.24) is 4.98 Å². The average molecular weight is 159 g/mol. The van der Waals surface area contributed by atoms with Crippen LogP contribution in [0.25, 0.3) is 0 Å². The maximum absolute atomic E-state index is 8.42. The number of thiazole rings is 1. The van der Waals surface area contributed by atoms with Crippen molar-refractivity contribution in [3.8, 4) is 0 Å². The minimum Gasteiger partial charge on any atom is -0.395 e. The summed E-state index contributed by atoms with van der Waals surface area (Å²) in [4.78, 5) is 3.82. The highest BCUT2D eigenvalue weighted by Gasteiger charge is 1.94. The zero-order valence-electron chi connectivity index (χ0n) is 5.37. The van der Waals surface area contributed by atoms with E-state index in [4.69, 9.17) is 10.8 Å². The number of hydrogen-bond donors (Lipinski definition) is 3. The molecule has 0 saturated heterocycles. The van der Waals surface area contributed by atoms with Crippen LogP contribution in [0, 0.1) is 0 Å². The zero-order chi connectivity index (χ0) is 7.40. The molecule has 0 unspecified atom stereocenters. The Bertz CT molecular complexity index is 201. The first kappa shape index (κ1) is 7.30. The fourth-order valence-corrected chi connectivity index (χ4v) is 1.16. The van der Waals surface area contributed by atoms with Gasteiger partial charge in [0.2, 0.25) is 0 Å². The maximum atomic E-state index is 8.42. The Kier molecular flexibility index (Phi) is 2.47. The summed E-state index contributed by atoms with van der Waals surface area (Å²) in [5.41, 5.74) is 5.36. The summed E-state index contributed by atoms with van der Waals surface area (Å²) in [5.74, 6) is 0. The van der Waals surface area contributed by atoms with E-state index in [0.29, 0.717) is 11.7 Å². The molecule has 4 nitrogen and oxygen atoms in total. The molecule has 0 aromatic carbocycles. The molecule has 0 amide bonds. The maximum Gasteiger partial charge on any atom is 0.181 e. The Morgan fingerprint density at radius 3 is 3.10 bits per heavy atom.